The van der Waals surface area contributed by atoms with E-state index < -0.39 is 11.7 Å². The molecule has 1 aromatic rings. The number of hydrogen-bond acceptors (Lipinski definition) is 2. The predicted molar refractivity (Wildman–Crippen MR) is 59.8 cm³/mol. The molecule has 0 bridgehead atoms. The average Bonchev–Trinajstić information content (AvgIpc) is 2.25. The molecule has 0 amide bonds. The second kappa shape index (κ2) is 5.86. The molecule has 0 aliphatic rings. The molecular weight excluding hydrogens is 301 g/mol. The van der Waals surface area contributed by atoms with Gasteiger partial charge >= 0.3 is 12.6 Å². The van der Waals surface area contributed by atoms with Crippen LogP contribution in [-0.2, 0) is 15.7 Å². The Balaban J connectivity index is 2.89. The number of hydrogen-bond donors (Lipinski definition) is 0. The van der Waals surface area contributed by atoms with Crippen LogP contribution >= 0.6 is 15.9 Å². The highest BCUT2D eigenvalue weighted by Gasteiger charge is 2.32. The molecule has 0 atom stereocenters. The lowest BCUT2D eigenvalue weighted by Gasteiger charge is -2.09. The van der Waals surface area contributed by atoms with Gasteiger partial charge in [0, 0.05) is 4.47 Å². The van der Waals surface area contributed by atoms with Gasteiger partial charge in [-0.1, -0.05) is 28.1 Å². The van der Waals surface area contributed by atoms with Gasteiger partial charge in [0.1, 0.15) is 6.61 Å². The molecule has 6 heteroatoms. The summed E-state index contributed by atoms with van der Waals surface area (Å²) in [7, 11) is 0. The summed E-state index contributed by atoms with van der Waals surface area (Å²) >= 11 is 2.84. The van der Waals surface area contributed by atoms with Crippen molar-refractivity contribution in [2.24, 2.45) is 0 Å². The van der Waals surface area contributed by atoms with Crippen LogP contribution < -0.4 is 0 Å². The fourth-order valence-electron chi connectivity index (χ4n) is 1.13. The van der Waals surface area contributed by atoms with Crippen LogP contribution in [0.25, 0.3) is 6.08 Å². The number of halogens is 4. The molecule has 0 N–H and O–H groups in total. The van der Waals surface area contributed by atoms with Crippen molar-refractivity contribution in [1.82, 2.24) is 0 Å². The van der Waals surface area contributed by atoms with Crippen molar-refractivity contribution in [1.29, 1.82) is 0 Å². The van der Waals surface area contributed by atoms with E-state index in [4.69, 9.17) is 0 Å². The van der Waals surface area contributed by atoms with Gasteiger partial charge in [-0.25, -0.2) is 4.79 Å². The lowest BCUT2D eigenvalue weighted by Crippen LogP contribution is -2.06. The Morgan fingerprint density at radius 3 is 2.71 bits per heavy atom. The van der Waals surface area contributed by atoms with Gasteiger partial charge in [0.25, 0.3) is 0 Å². The third kappa shape index (κ3) is 4.22. The van der Waals surface area contributed by atoms with E-state index in [0.29, 0.717) is 5.56 Å². The van der Waals surface area contributed by atoms with Crippen LogP contribution in [0.15, 0.2) is 28.7 Å². The molecule has 0 spiro atoms. The van der Waals surface area contributed by atoms with Crippen LogP contribution in [0.4, 0.5) is 13.2 Å². The molecule has 0 heterocycles. The number of carbonyl (C=O) groups excluding carboxylic acids is 1. The van der Waals surface area contributed by atoms with E-state index in [1.54, 1.807) is 0 Å². The molecule has 1 aromatic carbocycles. The van der Waals surface area contributed by atoms with Gasteiger partial charge in [-0.3, -0.25) is 0 Å². The SMILES string of the molecule is O=[C]OCC=Cc1ccc(Br)c(C(F)(F)F)c1. The molecule has 91 valence electrons. The van der Waals surface area contributed by atoms with E-state index in [1.807, 2.05) is 0 Å². The quantitative estimate of drug-likeness (QED) is 0.795. The van der Waals surface area contributed by atoms with Crippen molar-refractivity contribution in [2.75, 3.05) is 6.61 Å². The van der Waals surface area contributed by atoms with Gasteiger partial charge < -0.3 is 4.74 Å². The Morgan fingerprint density at radius 1 is 1.41 bits per heavy atom. The minimum Gasteiger partial charge on any atom is -0.453 e. The Bertz CT molecular complexity index is 427. The summed E-state index contributed by atoms with van der Waals surface area (Å²) in [6.45, 7) is 1.18. The highest BCUT2D eigenvalue weighted by molar-refractivity contribution is 9.10. The highest BCUT2D eigenvalue weighted by Crippen LogP contribution is 2.35. The van der Waals surface area contributed by atoms with Crippen molar-refractivity contribution in [2.45, 2.75) is 6.18 Å². The molecule has 0 fully saturated rings. The standard InChI is InChI=1S/C11H7BrF3O2/c12-10-4-3-8(2-1-5-17-7-16)6-9(10)11(13,14)15/h1-4,6H,5H2. The summed E-state index contributed by atoms with van der Waals surface area (Å²) in [5, 5.41) is 0. The zero-order valence-corrected chi connectivity index (χ0v) is 10.0. The van der Waals surface area contributed by atoms with Gasteiger partial charge in [-0.05, 0) is 23.8 Å². The van der Waals surface area contributed by atoms with Crippen LogP contribution in [0, 0.1) is 0 Å². The van der Waals surface area contributed by atoms with Crippen LogP contribution in [-0.4, -0.2) is 13.1 Å². The Kier molecular flexibility index (Phi) is 4.74. The molecule has 0 aliphatic heterocycles. The summed E-state index contributed by atoms with van der Waals surface area (Å²) in [6.07, 6.45) is -1.55. The maximum atomic E-state index is 12.5. The van der Waals surface area contributed by atoms with Crippen LogP contribution in [0.3, 0.4) is 0 Å². The lowest BCUT2D eigenvalue weighted by molar-refractivity contribution is -0.138. The zero-order valence-electron chi connectivity index (χ0n) is 8.42. The van der Waals surface area contributed by atoms with E-state index in [2.05, 4.69) is 20.7 Å². The van der Waals surface area contributed by atoms with E-state index in [-0.39, 0.29) is 11.1 Å². The van der Waals surface area contributed by atoms with Gasteiger partial charge in [-0.15, -0.1) is 0 Å². The van der Waals surface area contributed by atoms with Gasteiger partial charge in [0.05, 0.1) is 5.56 Å². The Hall–Kier alpha value is -1.30. The first-order valence-corrected chi connectivity index (χ1v) is 5.26. The van der Waals surface area contributed by atoms with Gasteiger partial charge in [0.2, 0.25) is 0 Å². The maximum Gasteiger partial charge on any atom is 0.417 e. The van der Waals surface area contributed by atoms with Crippen LogP contribution in [0.1, 0.15) is 11.1 Å². The average molecular weight is 308 g/mol. The monoisotopic (exact) mass is 307 g/mol. The van der Waals surface area contributed by atoms with Crippen LogP contribution in [0.5, 0.6) is 0 Å². The molecule has 0 saturated carbocycles. The van der Waals surface area contributed by atoms with Gasteiger partial charge in [0.15, 0.2) is 0 Å². The van der Waals surface area contributed by atoms with Crippen molar-refractivity contribution in [3.63, 3.8) is 0 Å². The van der Waals surface area contributed by atoms with Crippen molar-refractivity contribution >= 4 is 28.5 Å². The van der Waals surface area contributed by atoms with Gasteiger partial charge in [-0.2, -0.15) is 13.2 Å². The van der Waals surface area contributed by atoms with Crippen molar-refractivity contribution < 1.29 is 22.7 Å². The molecule has 17 heavy (non-hydrogen) atoms. The Labute approximate surface area is 104 Å². The molecule has 1 rings (SSSR count). The van der Waals surface area contributed by atoms with E-state index >= 15 is 0 Å². The molecule has 0 saturated heterocycles. The minimum atomic E-state index is -4.41. The summed E-state index contributed by atoms with van der Waals surface area (Å²) in [4.78, 5) is 9.71. The number of alkyl halides is 3. The second-order valence-electron chi connectivity index (χ2n) is 3.03. The molecular formula is C11H7BrF3O2. The van der Waals surface area contributed by atoms with E-state index in [1.165, 1.54) is 30.8 Å². The molecule has 0 aromatic heterocycles. The summed E-state index contributed by atoms with van der Waals surface area (Å²) in [5.41, 5.74) is -0.377. The Morgan fingerprint density at radius 2 is 2.12 bits per heavy atom. The van der Waals surface area contributed by atoms with E-state index in [9.17, 15) is 18.0 Å². The fraction of sp³-hybridized carbons (Fsp3) is 0.182. The summed E-state index contributed by atoms with van der Waals surface area (Å²) in [5.74, 6) is 0. The smallest absolute Gasteiger partial charge is 0.417 e. The third-order valence-corrected chi connectivity index (χ3v) is 2.54. The molecule has 0 aliphatic carbocycles. The fourth-order valence-corrected chi connectivity index (χ4v) is 1.60. The van der Waals surface area contributed by atoms with Crippen molar-refractivity contribution in [3.05, 3.63) is 39.9 Å². The first-order valence-electron chi connectivity index (χ1n) is 4.47. The lowest BCUT2D eigenvalue weighted by atomic mass is 10.1. The number of ether oxygens (including phenoxy) is 1. The molecule has 2 nitrogen and oxygen atoms in total. The number of rotatable bonds is 4. The first-order chi connectivity index (χ1) is 7.95. The minimum absolute atomic E-state index is 0.0142. The number of benzene rings is 1. The maximum absolute atomic E-state index is 12.5. The largest absolute Gasteiger partial charge is 0.453 e. The zero-order chi connectivity index (χ0) is 12.9. The van der Waals surface area contributed by atoms with Crippen LogP contribution in [0.2, 0.25) is 0 Å². The summed E-state index contributed by atoms with van der Waals surface area (Å²) < 4.78 is 41.9. The second-order valence-corrected chi connectivity index (χ2v) is 3.89. The normalized spacial score (nSPS) is 11.8. The molecule has 1 radical (unpaired) electrons. The van der Waals surface area contributed by atoms with E-state index in [0.717, 1.165) is 6.07 Å². The third-order valence-electron chi connectivity index (χ3n) is 1.84. The predicted octanol–water partition coefficient (Wildman–Crippen LogP) is 3.56. The highest BCUT2D eigenvalue weighted by atomic mass is 79.9. The topological polar surface area (TPSA) is 26.3 Å². The van der Waals surface area contributed by atoms with Crippen molar-refractivity contribution in [3.8, 4) is 0 Å². The first kappa shape index (κ1) is 13.8. The molecule has 0 unspecified atom stereocenters. The summed E-state index contributed by atoms with van der Waals surface area (Å²) in [6, 6.07) is 3.83.